The molecule has 2 heterocycles. The number of fused-ring (bicyclic) bond motifs is 1. The first-order valence-corrected chi connectivity index (χ1v) is 9.68. The molecule has 0 radical (unpaired) electrons. The minimum atomic E-state index is -3.60. The predicted octanol–water partition coefficient (Wildman–Crippen LogP) is 1.90. The molecule has 0 spiro atoms. The summed E-state index contributed by atoms with van der Waals surface area (Å²) in [5.41, 5.74) is 1.44. The van der Waals surface area contributed by atoms with E-state index in [1.165, 1.54) is 43.3 Å². The Kier molecular flexibility index (Phi) is 4.40. The van der Waals surface area contributed by atoms with E-state index in [2.05, 4.69) is 0 Å². The van der Waals surface area contributed by atoms with Crippen molar-refractivity contribution < 1.29 is 23.1 Å². The molecule has 3 rings (SSSR count). The number of carbonyl (C=O) groups excluding carboxylic acids is 1. The van der Waals surface area contributed by atoms with Gasteiger partial charge in [-0.05, 0) is 36.2 Å². The van der Waals surface area contributed by atoms with E-state index in [0.717, 1.165) is 21.2 Å². The fourth-order valence-corrected chi connectivity index (χ4v) is 4.36. The Balaban J connectivity index is 1.97. The molecule has 0 atom stereocenters. The van der Waals surface area contributed by atoms with Crippen LogP contribution in [0.5, 0.6) is 0 Å². The van der Waals surface area contributed by atoms with Gasteiger partial charge < -0.3 is 10.0 Å². The zero-order valence-corrected chi connectivity index (χ0v) is 15.2. The highest BCUT2D eigenvalue weighted by Gasteiger charge is 2.29. The third-order valence-electron chi connectivity index (χ3n) is 4.00. The molecule has 7 nitrogen and oxygen atoms in total. The van der Waals surface area contributed by atoms with Gasteiger partial charge in [-0.2, -0.15) is 0 Å². The molecular formula is C16H16N2O5S2. The largest absolute Gasteiger partial charge is 0.477 e. The van der Waals surface area contributed by atoms with Crippen LogP contribution in [0, 0.1) is 0 Å². The van der Waals surface area contributed by atoms with Crippen LogP contribution in [-0.4, -0.2) is 50.3 Å². The van der Waals surface area contributed by atoms with Gasteiger partial charge in [0.05, 0.1) is 9.77 Å². The molecule has 1 aromatic heterocycles. The van der Waals surface area contributed by atoms with Crippen LogP contribution in [-0.2, 0) is 16.4 Å². The number of carboxylic acids is 1. The van der Waals surface area contributed by atoms with Crippen molar-refractivity contribution in [2.24, 2.45) is 0 Å². The lowest BCUT2D eigenvalue weighted by atomic mass is 10.2. The number of amides is 1. The topological polar surface area (TPSA) is 95.0 Å². The molecule has 0 aliphatic carbocycles. The van der Waals surface area contributed by atoms with Gasteiger partial charge in [0.1, 0.15) is 4.88 Å². The van der Waals surface area contributed by atoms with Crippen molar-refractivity contribution in [2.45, 2.75) is 11.3 Å². The van der Waals surface area contributed by atoms with Crippen LogP contribution in [0.15, 0.2) is 35.2 Å². The number of benzene rings is 1. The van der Waals surface area contributed by atoms with Crippen molar-refractivity contribution in [1.82, 2.24) is 4.31 Å². The van der Waals surface area contributed by atoms with E-state index < -0.39 is 16.0 Å². The van der Waals surface area contributed by atoms with E-state index in [-0.39, 0.29) is 15.7 Å². The second kappa shape index (κ2) is 6.25. The maximum Gasteiger partial charge on any atom is 0.345 e. The van der Waals surface area contributed by atoms with E-state index in [0.29, 0.717) is 23.5 Å². The quantitative estimate of drug-likeness (QED) is 0.874. The van der Waals surface area contributed by atoms with Gasteiger partial charge in [0, 0.05) is 26.3 Å². The molecule has 25 heavy (non-hydrogen) atoms. The molecule has 0 bridgehead atoms. The molecule has 1 N–H and O–H groups in total. The summed E-state index contributed by atoms with van der Waals surface area (Å²) in [6.45, 7) is 0.430. The number of anilines is 1. The van der Waals surface area contributed by atoms with Gasteiger partial charge in [-0.1, -0.05) is 6.07 Å². The number of rotatable bonds is 4. The van der Waals surface area contributed by atoms with Crippen molar-refractivity contribution in [3.8, 4) is 0 Å². The first kappa shape index (κ1) is 17.6. The maximum absolute atomic E-state index is 12.7. The summed E-state index contributed by atoms with van der Waals surface area (Å²) in [4.78, 5) is 25.7. The number of thiophene rings is 1. The Hall–Kier alpha value is -2.23. The van der Waals surface area contributed by atoms with Gasteiger partial charge in [0.2, 0.25) is 10.0 Å². The second-order valence-corrected chi connectivity index (χ2v) is 8.99. The van der Waals surface area contributed by atoms with Crippen molar-refractivity contribution >= 4 is 38.9 Å². The van der Waals surface area contributed by atoms with Gasteiger partial charge in [0.25, 0.3) is 5.91 Å². The fraction of sp³-hybridized carbons (Fsp3) is 0.250. The standard InChI is InChI=1S/C16H16N2O5S2/c1-17(2)25(22,23)11-4-3-10-7-8-18(12(10)9-11)15(19)13-5-6-14(24-13)16(20)21/h3-6,9H,7-8H2,1-2H3,(H,20,21). The molecule has 0 unspecified atom stereocenters. The minimum Gasteiger partial charge on any atom is -0.477 e. The molecule has 2 aromatic rings. The van der Waals surface area contributed by atoms with Crippen LogP contribution < -0.4 is 4.90 Å². The molecule has 1 aliphatic heterocycles. The summed E-state index contributed by atoms with van der Waals surface area (Å²) < 4.78 is 25.8. The lowest BCUT2D eigenvalue weighted by Gasteiger charge is -2.18. The van der Waals surface area contributed by atoms with Crippen molar-refractivity contribution in [3.05, 3.63) is 45.6 Å². The molecule has 0 saturated heterocycles. The summed E-state index contributed by atoms with van der Waals surface area (Å²) in [5.74, 6) is -1.40. The monoisotopic (exact) mass is 380 g/mol. The van der Waals surface area contributed by atoms with E-state index in [1.54, 1.807) is 6.07 Å². The molecule has 1 aromatic carbocycles. The van der Waals surface area contributed by atoms with Crippen molar-refractivity contribution in [2.75, 3.05) is 25.5 Å². The number of aromatic carboxylic acids is 1. The number of carboxylic acid groups (broad SMARTS) is 1. The minimum absolute atomic E-state index is 0.0895. The average molecular weight is 380 g/mol. The van der Waals surface area contributed by atoms with Gasteiger partial charge in [0.15, 0.2) is 0 Å². The van der Waals surface area contributed by atoms with Crippen LogP contribution >= 0.6 is 11.3 Å². The van der Waals surface area contributed by atoms with E-state index in [4.69, 9.17) is 5.11 Å². The highest BCUT2D eigenvalue weighted by atomic mass is 32.2. The van der Waals surface area contributed by atoms with E-state index in [9.17, 15) is 18.0 Å². The lowest BCUT2D eigenvalue weighted by molar-refractivity contribution is 0.0702. The molecule has 1 amide bonds. The fourth-order valence-electron chi connectivity index (χ4n) is 2.64. The first-order chi connectivity index (χ1) is 11.7. The summed E-state index contributed by atoms with van der Waals surface area (Å²) in [6, 6.07) is 7.63. The van der Waals surface area contributed by atoms with E-state index in [1.807, 2.05) is 0 Å². The van der Waals surface area contributed by atoms with E-state index >= 15 is 0 Å². The number of hydrogen-bond acceptors (Lipinski definition) is 5. The number of nitrogens with zero attached hydrogens (tertiary/aromatic N) is 2. The maximum atomic E-state index is 12.7. The SMILES string of the molecule is CN(C)S(=O)(=O)c1ccc2c(c1)N(C(=O)c1ccc(C(=O)O)s1)CC2. The third kappa shape index (κ3) is 3.06. The van der Waals surface area contributed by atoms with Crippen LogP contribution in [0.1, 0.15) is 24.9 Å². The van der Waals surface area contributed by atoms with Crippen LogP contribution in [0.4, 0.5) is 5.69 Å². The molecule has 1 aliphatic rings. The highest BCUT2D eigenvalue weighted by molar-refractivity contribution is 7.89. The summed E-state index contributed by atoms with van der Waals surface area (Å²) in [5, 5.41) is 9.00. The molecule has 9 heteroatoms. The molecule has 0 saturated carbocycles. The Morgan fingerprint density at radius 3 is 2.44 bits per heavy atom. The second-order valence-electron chi connectivity index (χ2n) is 5.75. The normalized spacial score (nSPS) is 14.0. The average Bonchev–Trinajstić information content (AvgIpc) is 3.20. The molecular weight excluding hydrogens is 364 g/mol. The highest BCUT2D eigenvalue weighted by Crippen LogP contribution is 2.33. The zero-order chi connectivity index (χ0) is 18.4. The predicted molar refractivity (Wildman–Crippen MR) is 94.0 cm³/mol. The van der Waals surface area contributed by atoms with Gasteiger partial charge in [-0.25, -0.2) is 17.5 Å². The molecule has 132 valence electrons. The van der Waals surface area contributed by atoms with Crippen LogP contribution in [0.3, 0.4) is 0 Å². The van der Waals surface area contributed by atoms with Gasteiger partial charge in [-0.3, -0.25) is 4.79 Å². The lowest BCUT2D eigenvalue weighted by Crippen LogP contribution is -2.28. The Morgan fingerprint density at radius 1 is 1.16 bits per heavy atom. The smallest absolute Gasteiger partial charge is 0.345 e. The Labute approximate surface area is 149 Å². The Bertz CT molecular complexity index is 963. The number of sulfonamides is 1. The molecule has 0 fully saturated rings. The van der Waals surface area contributed by atoms with Gasteiger partial charge in [-0.15, -0.1) is 11.3 Å². The van der Waals surface area contributed by atoms with Gasteiger partial charge >= 0.3 is 5.97 Å². The number of carbonyl (C=O) groups is 2. The number of hydrogen-bond donors (Lipinski definition) is 1. The van der Waals surface area contributed by atoms with Crippen LogP contribution in [0.25, 0.3) is 0 Å². The first-order valence-electron chi connectivity index (χ1n) is 7.42. The van der Waals surface area contributed by atoms with Crippen LogP contribution in [0.2, 0.25) is 0 Å². The summed E-state index contributed by atoms with van der Waals surface area (Å²) >= 11 is 0.908. The Morgan fingerprint density at radius 2 is 1.84 bits per heavy atom. The zero-order valence-electron chi connectivity index (χ0n) is 13.6. The van der Waals surface area contributed by atoms with Crippen molar-refractivity contribution in [1.29, 1.82) is 0 Å². The third-order valence-corrected chi connectivity index (χ3v) is 6.88. The summed E-state index contributed by atoms with van der Waals surface area (Å²) in [7, 11) is -0.701. The summed E-state index contributed by atoms with van der Waals surface area (Å²) in [6.07, 6.45) is 0.626. The van der Waals surface area contributed by atoms with Crippen molar-refractivity contribution in [3.63, 3.8) is 0 Å².